The summed E-state index contributed by atoms with van der Waals surface area (Å²) in [4.78, 5) is 27.4. The fourth-order valence-corrected chi connectivity index (χ4v) is 4.57. The van der Waals surface area contributed by atoms with E-state index >= 15 is 0 Å². The first-order valence-electron chi connectivity index (χ1n) is 11.2. The number of hydrogen-bond donors (Lipinski definition) is 1. The monoisotopic (exact) mass is 446 g/mol. The van der Waals surface area contributed by atoms with Crippen LogP contribution in [-0.2, 0) is 27.3 Å². The lowest BCUT2D eigenvalue weighted by molar-refractivity contribution is -0.146. The van der Waals surface area contributed by atoms with Crippen LogP contribution in [0.15, 0.2) is 60.7 Å². The minimum absolute atomic E-state index is 0.0658. The molecule has 1 aromatic heterocycles. The summed E-state index contributed by atoms with van der Waals surface area (Å²) in [7, 11) is 1.41. The normalized spacial score (nSPS) is 18.3. The smallest absolute Gasteiger partial charge is 0.323 e. The van der Waals surface area contributed by atoms with Gasteiger partial charge in [-0.3, -0.25) is 14.5 Å². The highest BCUT2D eigenvalue weighted by atomic mass is 16.5. The number of benzene rings is 2. The molecule has 4 rings (SSSR count). The lowest BCUT2D eigenvalue weighted by Crippen LogP contribution is -2.38. The summed E-state index contributed by atoms with van der Waals surface area (Å²) in [5.41, 5.74) is 4.82. The summed E-state index contributed by atoms with van der Waals surface area (Å²) < 4.78 is 6.90. The zero-order valence-electron chi connectivity index (χ0n) is 19.3. The van der Waals surface area contributed by atoms with Crippen molar-refractivity contribution in [2.75, 3.05) is 13.7 Å². The van der Waals surface area contributed by atoms with Gasteiger partial charge in [0.25, 0.3) is 0 Å². The third kappa shape index (κ3) is 5.14. The maximum absolute atomic E-state index is 12.9. The molecule has 2 aromatic carbocycles. The maximum Gasteiger partial charge on any atom is 0.323 e. The molecule has 0 bridgehead atoms. The number of likely N-dealkylation sites (tertiary alicyclic amines) is 1. The van der Waals surface area contributed by atoms with E-state index in [4.69, 9.17) is 4.74 Å². The van der Waals surface area contributed by atoms with Crippen LogP contribution in [0.2, 0.25) is 0 Å². The molecule has 0 radical (unpaired) electrons. The van der Waals surface area contributed by atoms with E-state index in [9.17, 15) is 9.59 Å². The zero-order chi connectivity index (χ0) is 23.4. The van der Waals surface area contributed by atoms with E-state index in [0.717, 1.165) is 28.2 Å². The van der Waals surface area contributed by atoms with Crippen LogP contribution in [0.1, 0.15) is 28.9 Å². The maximum atomic E-state index is 12.9. The van der Waals surface area contributed by atoms with Gasteiger partial charge in [0.2, 0.25) is 5.91 Å². The van der Waals surface area contributed by atoms with Crippen LogP contribution in [0.3, 0.4) is 0 Å². The molecule has 1 aliphatic rings. The van der Waals surface area contributed by atoms with E-state index in [2.05, 4.69) is 15.3 Å². The Morgan fingerprint density at radius 1 is 1.06 bits per heavy atom. The Morgan fingerprint density at radius 3 is 2.39 bits per heavy atom. The highest BCUT2D eigenvalue weighted by molar-refractivity contribution is 5.80. The Morgan fingerprint density at radius 2 is 1.73 bits per heavy atom. The highest BCUT2D eigenvalue weighted by Crippen LogP contribution is 2.23. The average molecular weight is 447 g/mol. The first kappa shape index (κ1) is 22.7. The molecule has 1 fully saturated rings. The van der Waals surface area contributed by atoms with Gasteiger partial charge in [0.05, 0.1) is 24.9 Å². The van der Waals surface area contributed by atoms with Crippen molar-refractivity contribution in [3.05, 3.63) is 83.2 Å². The average Bonchev–Trinajstić information content (AvgIpc) is 3.35. The van der Waals surface area contributed by atoms with E-state index in [1.807, 2.05) is 79.2 Å². The molecule has 1 aliphatic heterocycles. The van der Waals surface area contributed by atoms with Gasteiger partial charge in [-0.1, -0.05) is 48.5 Å². The second-order valence-electron chi connectivity index (χ2n) is 8.53. The molecule has 0 saturated carbocycles. The zero-order valence-corrected chi connectivity index (χ0v) is 19.3. The minimum Gasteiger partial charge on any atom is -0.468 e. The van der Waals surface area contributed by atoms with Crippen molar-refractivity contribution in [2.45, 2.75) is 45.3 Å². The van der Waals surface area contributed by atoms with Gasteiger partial charge in [0.1, 0.15) is 6.04 Å². The Bertz CT molecular complexity index is 1110. The number of aryl methyl sites for hydroxylation is 1. The Hall–Kier alpha value is -3.45. The third-order valence-corrected chi connectivity index (χ3v) is 6.25. The molecule has 0 spiro atoms. The fraction of sp³-hybridized carbons (Fsp3) is 0.346. The van der Waals surface area contributed by atoms with E-state index < -0.39 is 0 Å². The molecule has 2 atom stereocenters. The molecule has 1 N–H and O–H groups in total. The summed E-state index contributed by atoms with van der Waals surface area (Å²) in [6.07, 6.45) is 0.787. The van der Waals surface area contributed by atoms with Crippen molar-refractivity contribution in [2.24, 2.45) is 0 Å². The topological polar surface area (TPSA) is 76.5 Å². The first-order valence-corrected chi connectivity index (χ1v) is 11.2. The van der Waals surface area contributed by atoms with Crippen LogP contribution in [0, 0.1) is 13.8 Å². The van der Waals surface area contributed by atoms with Crippen molar-refractivity contribution < 1.29 is 14.3 Å². The van der Waals surface area contributed by atoms with Crippen molar-refractivity contribution in [3.8, 4) is 5.69 Å². The number of nitrogens with zero attached hydrogens (tertiary/aromatic N) is 3. The predicted octanol–water partition coefficient (Wildman–Crippen LogP) is 2.96. The quantitative estimate of drug-likeness (QED) is 0.565. The van der Waals surface area contributed by atoms with E-state index in [0.29, 0.717) is 19.5 Å². The molecule has 0 aliphatic carbocycles. The number of amides is 1. The van der Waals surface area contributed by atoms with Crippen LogP contribution in [-0.4, -0.2) is 52.3 Å². The number of methoxy groups -OCH3 is 1. The molecule has 3 aromatic rings. The second-order valence-corrected chi connectivity index (χ2v) is 8.53. The van der Waals surface area contributed by atoms with Crippen molar-refractivity contribution in [3.63, 3.8) is 0 Å². The molecular weight excluding hydrogens is 416 g/mol. The molecule has 33 heavy (non-hydrogen) atoms. The molecule has 7 nitrogen and oxygen atoms in total. The van der Waals surface area contributed by atoms with Crippen LogP contribution in [0.4, 0.5) is 0 Å². The number of carbonyl (C=O) groups is 2. The number of aromatic nitrogens is 2. The second kappa shape index (κ2) is 10.0. The minimum atomic E-state index is -0.371. The molecule has 172 valence electrons. The summed E-state index contributed by atoms with van der Waals surface area (Å²) >= 11 is 0. The largest absolute Gasteiger partial charge is 0.468 e. The number of carbonyl (C=O) groups excluding carboxylic acids is 2. The van der Waals surface area contributed by atoms with Crippen LogP contribution < -0.4 is 5.32 Å². The van der Waals surface area contributed by atoms with Gasteiger partial charge in [0, 0.05) is 30.4 Å². The van der Waals surface area contributed by atoms with Gasteiger partial charge >= 0.3 is 5.97 Å². The van der Waals surface area contributed by atoms with Crippen molar-refractivity contribution in [1.82, 2.24) is 20.0 Å². The molecular formula is C26H30N4O3. The number of para-hydroxylation sites is 1. The van der Waals surface area contributed by atoms with Gasteiger partial charge < -0.3 is 10.1 Å². The van der Waals surface area contributed by atoms with Gasteiger partial charge in [-0.25, -0.2) is 4.68 Å². The van der Waals surface area contributed by atoms with Gasteiger partial charge in [-0.2, -0.15) is 5.10 Å². The summed E-state index contributed by atoms with van der Waals surface area (Å²) in [6, 6.07) is 19.4. The fourth-order valence-electron chi connectivity index (χ4n) is 4.57. The number of nitrogens with one attached hydrogen (secondary N) is 1. The number of rotatable bonds is 7. The van der Waals surface area contributed by atoms with Crippen LogP contribution in [0.25, 0.3) is 5.69 Å². The number of ether oxygens (including phenoxy) is 1. The Kier molecular flexibility index (Phi) is 6.89. The van der Waals surface area contributed by atoms with Gasteiger partial charge in [0.15, 0.2) is 0 Å². The number of esters is 1. The number of hydrogen-bond acceptors (Lipinski definition) is 5. The van der Waals surface area contributed by atoms with E-state index in [1.165, 1.54) is 7.11 Å². The SMILES string of the molecule is COC(=O)[C@@H]1C[C@@H](NC(=O)Cc2c(C)nn(-c3ccccc3)c2C)CN1Cc1ccccc1. The van der Waals surface area contributed by atoms with E-state index in [1.54, 1.807) is 0 Å². The summed E-state index contributed by atoms with van der Waals surface area (Å²) in [6.45, 7) is 5.15. The van der Waals surface area contributed by atoms with Crippen LogP contribution >= 0.6 is 0 Å². The molecule has 1 amide bonds. The first-order chi connectivity index (χ1) is 16.0. The lowest BCUT2D eigenvalue weighted by Gasteiger charge is -2.22. The molecule has 2 heterocycles. The molecule has 1 saturated heterocycles. The van der Waals surface area contributed by atoms with Gasteiger partial charge in [-0.15, -0.1) is 0 Å². The van der Waals surface area contributed by atoms with Gasteiger partial charge in [-0.05, 0) is 38.0 Å². The lowest BCUT2D eigenvalue weighted by atomic mass is 10.1. The highest BCUT2D eigenvalue weighted by Gasteiger charge is 2.38. The standard InChI is InChI=1S/C26H30N4O3/c1-18-23(19(2)30(28-18)22-12-8-5-9-13-22)15-25(31)27-21-14-24(26(32)33-3)29(17-21)16-20-10-6-4-7-11-20/h4-13,21,24H,14-17H2,1-3H3,(H,27,31)/t21-,24+/m1/s1. The molecule has 0 unspecified atom stereocenters. The predicted molar refractivity (Wildman–Crippen MR) is 126 cm³/mol. The Balaban J connectivity index is 1.43. The summed E-state index contributed by atoms with van der Waals surface area (Å²) in [5, 5.41) is 7.77. The summed E-state index contributed by atoms with van der Waals surface area (Å²) in [5.74, 6) is -0.331. The Labute approximate surface area is 194 Å². The van der Waals surface area contributed by atoms with E-state index in [-0.39, 0.29) is 30.4 Å². The molecule has 7 heteroatoms. The third-order valence-electron chi connectivity index (χ3n) is 6.25. The van der Waals surface area contributed by atoms with Crippen LogP contribution in [0.5, 0.6) is 0 Å². The van der Waals surface area contributed by atoms with Crippen molar-refractivity contribution in [1.29, 1.82) is 0 Å². The van der Waals surface area contributed by atoms with Crippen molar-refractivity contribution >= 4 is 11.9 Å².